The van der Waals surface area contributed by atoms with Gasteiger partial charge in [0.25, 0.3) is 5.91 Å². The van der Waals surface area contributed by atoms with Crippen LogP contribution in [0.25, 0.3) is 0 Å². The predicted octanol–water partition coefficient (Wildman–Crippen LogP) is 2.03. The highest BCUT2D eigenvalue weighted by Gasteiger charge is 2.28. The molecule has 0 aliphatic carbocycles. The van der Waals surface area contributed by atoms with Gasteiger partial charge in [-0.15, -0.1) is 0 Å². The van der Waals surface area contributed by atoms with Crippen molar-refractivity contribution in [2.45, 2.75) is 32.9 Å². The number of benzene rings is 1. The molecular weight excluding hydrogens is 252 g/mol. The lowest BCUT2D eigenvalue weighted by molar-refractivity contribution is -0.00746. The lowest BCUT2D eigenvalue weighted by Gasteiger charge is -2.36. The van der Waals surface area contributed by atoms with Gasteiger partial charge in [-0.3, -0.25) is 4.79 Å². The Bertz CT molecular complexity index is 442. The zero-order valence-corrected chi connectivity index (χ0v) is 12.3. The molecule has 0 saturated carbocycles. The summed E-state index contributed by atoms with van der Waals surface area (Å²) in [6.45, 7) is 6.80. The number of hydrogen-bond donors (Lipinski definition) is 1. The van der Waals surface area contributed by atoms with Gasteiger partial charge < -0.3 is 15.4 Å². The van der Waals surface area contributed by atoms with Gasteiger partial charge in [0.05, 0.1) is 19.3 Å². The number of carbonyl (C=O) groups is 1. The summed E-state index contributed by atoms with van der Waals surface area (Å²) in [4.78, 5) is 14.6. The Morgan fingerprint density at radius 3 is 2.70 bits per heavy atom. The molecular formula is C16H24N2O2. The summed E-state index contributed by atoms with van der Waals surface area (Å²) in [5, 5.41) is 0. The molecule has 0 aromatic heterocycles. The number of amides is 1. The van der Waals surface area contributed by atoms with Crippen molar-refractivity contribution in [2.24, 2.45) is 11.7 Å². The minimum Gasteiger partial charge on any atom is -0.377 e. The SMILES string of the molecule is CC(C)CC1COCCN1C(=O)c1ccc(CN)cc1. The lowest BCUT2D eigenvalue weighted by Crippen LogP contribution is -2.49. The third kappa shape index (κ3) is 3.58. The Balaban J connectivity index is 2.11. The van der Waals surface area contributed by atoms with Crippen LogP contribution in [-0.4, -0.2) is 36.6 Å². The van der Waals surface area contributed by atoms with Crippen molar-refractivity contribution in [1.82, 2.24) is 4.90 Å². The molecule has 4 heteroatoms. The van der Waals surface area contributed by atoms with E-state index in [1.165, 1.54) is 0 Å². The minimum atomic E-state index is 0.0996. The van der Waals surface area contributed by atoms with E-state index in [9.17, 15) is 4.79 Å². The largest absolute Gasteiger partial charge is 0.377 e. The van der Waals surface area contributed by atoms with Crippen LogP contribution in [0, 0.1) is 5.92 Å². The summed E-state index contributed by atoms with van der Waals surface area (Å²) in [7, 11) is 0. The van der Waals surface area contributed by atoms with Crippen molar-refractivity contribution in [3.8, 4) is 0 Å². The number of carbonyl (C=O) groups excluding carboxylic acids is 1. The molecule has 1 saturated heterocycles. The van der Waals surface area contributed by atoms with Crippen LogP contribution in [0.5, 0.6) is 0 Å². The zero-order chi connectivity index (χ0) is 14.5. The molecule has 1 heterocycles. The second-order valence-electron chi connectivity index (χ2n) is 5.76. The molecule has 1 aliphatic heterocycles. The Labute approximate surface area is 120 Å². The van der Waals surface area contributed by atoms with Gasteiger partial charge in [-0.25, -0.2) is 0 Å². The molecule has 2 rings (SSSR count). The van der Waals surface area contributed by atoms with Gasteiger partial charge in [0.1, 0.15) is 0 Å². The summed E-state index contributed by atoms with van der Waals surface area (Å²) in [6, 6.07) is 7.76. The molecule has 1 amide bonds. The van der Waals surface area contributed by atoms with Gasteiger partial charge in [-0.1, -0.05) is 26.0 Å². The monoisotopic (exact) mass is 276 g/mol. The number of nitrogens with zero attached hydrogens (tertiary/aromatic N) is 1. The van der Waals surface area contributed by atoms with E-state index in [1.807, 2.05) is 29.2 Å². The number of morpholine rings is 1. The van der Waals surface area contributed by atoms with Gasteiger partial charge in [0, 0.05) is 18.7 Å². The minimum absolute atomic E-state index is 0.0996. The van der Waals surface area contributed by atoms with Gasteiger partial charge in [0.2, 0.25) is 0 Å². The molecule has 1 aromatic carbocycles. The van der Waals surface area contributed by atoms with E-state index in [0.29, 0.717) is 32.2 Å². The van der Waals surface area contributed by atoms with E-state index in [0.717, 1.165) is 17.5 Å². The molecule has 2 N–H and O–H groups in total. The summed E-state index contributed by atoms with van der Waals surface area (Å²) >= 11 is 0. The van der Waals surface area contributed by atoms with Crippen LogP contribution >= 0.6 is 0 Å². The standard InChI is InChI=1S/C16H24N2O2/c1-12(2)9-15-11-20-8-7-18(15)16(19)14-5-3-13(10-17)4-6-14/h3-6,12,15H,7-11,17H2,1-2H3. The average molecular weight is 276 g/mol. The summed E-state index contributed by atoms with van der Waals surface area (Å²) in [5.74, 6) is 0.652. The average Bonchev–Trinajstić information content (AvgIpc) is 2.46. The Kier molecular flexibility index (Phi) is 5.15. The first-order valence-corrected chi connectivity index (χ1v) is 7.29. The summed E-state index contributed by atoms with van der Waals surface area (Å²) in [5.41, 5.74) is 7.36. The van der Waals surface area contributed by atoms with Crippen LogP contribution in [-0.2, 0) is 11.3 Å². The highest BCUT2D eigenvalue weighted by molar-refractivity contribution is 5.94. The summed E-state index contributed by atoms with van der Waals surface area (Å²) < 4.78 is 5.53. The fraction of sp³-hybridized carbons (Fsp3) is 0.562. The van der Waals surface area contributed by atoms with Crippen molar-refractivity contribution < 1.29 is 9.53 Å². The normalized spacial score (nSPS) is 19.4. The number of rotatable bonds is 4. The maximum Gasteiger partial charge on any atom is 0.254 e. The molecule has 1 aliphatic rings. The van der Waals surface area contributed by atoms with Crippen molar-refractivity contribution in [2.75, 3.05) is 19.8 Å². The van der Waals surface area contributed by atoms with E-state index in [-0.39, 0.29) is 11.9 Å². The van der Waals surface area contributed by atoms with Crippen LogP contribution in [0.2, 0.25) is 0 Å². The smallest absolute Gasteiger partial charge is 0.254 e. The van der Waals surface area contributed by atoms with Gasteiger partial charge >= 0.3 is 0 Å². The topological polar surface area (TPSA) is 55.6 Å². The molecule has 1 fully saturated rings. The number of hydrogen-bond acceptors (Lipinski definition) is 3. The van der Waals surface area contributed by atoms with E-state index in [4.69, 9.17) is 10.5 Å². The van der Waals surface area contributed by atoms with E-state index in [1.54, 1.807) is 0 Å². The highest BCUT2D eigenvalue weighted by atomic mass is 16.5. The summed E-state index contributed by atoms with van der Waals surface area (Å²) in [6.07, 6.45) is 0.979. The second-order valence-corrected chi connectivity index (χ2v) is 5.76. The molecule has 1 atom stereocenters. The molecule has 4 nitrogen and oxygen atoms in total. The molecule has 1 unspecified atom stereocenters. The van der Waals surface area contributed by atoms with Crippen LogP contribution in [0.4, 0.5) is 0 Å². The Morgan fingerprint density at radius 2 is 2.10 bits per heavy atom. The Morgan fingerprint density at radius 1 is 1.40 bits per heavy atom. The number of nitrogens with two attached hydrogens (primary N) is 1. The van der Waals surface area contributed by atoms with E-state index in [2.05, 4.69) is 13.8 Å². The maximum absolute atomic E-state index is 12.6. The van der Waals surface area contributed by atoms with Crippen LogP contribution in [0.15, 0.2) is 24.3 Å². The van der Waals surface area contributed by atoms with E-state index >= 15 is 0 Å². The first kappa shape index (κ1) is 15.0. The van der Waals surface area contributed by atoms with Crippen molar-refractivity contribution in [3.05, 3.63) is 35.4 Å². The van der Waals surface area contributed by atoms with Crippen LogP contribution < -0.4 is 5.73 Å². The molecule has 0 spiro atoms. The molecule has 20 heavy (non-hydrogen) atoms. The first-order valence-electron chi connectivity index (χ1n) is 7.29. The third-order valence-corrected chi connectivity index (χ3v) is 3.67. The predicted molar refractivity (Wildman–Crippen MR) is 79.4 cm³/mol. The van der Waals surface area contributed by atoms with Gasteiger partial charge in [-0.05, 0) is 30.0 Å². The quantitative estimate of drug-likeness (QED) is 0.915. The Hall–Kier alpha value is -1.39. The molecule has 110 valence electrons. The van der Waals surface area contributed by atoms with Crippen molar-refractivity contribution in [1.29, 1.82) is 0 Å². The fourth-order valence-corrected chi connectivity index (χ4v) is 2.61. The molecule has 1 aromatic rings. The van der Waals surface area contributed by atoms with Gasteiger partial charge in [-0.2, -0.15) is 0 Å². The zero-order valence-electron chi connectivity index (χ0n) is 12.3. The van der Waals surface area contributed by atoms with Crippen molar-refractivity contribution in [3.63, 3.8) is 0 Å². The lowest BCUT2D eigenvalue weighted by atomic mass is 10.0. The number of ether oxygens (including phenoxy) is 1. The second kappa shape index (κ2) is 6.86. The van der Waals surface area contributed by atoms with E-state index < -0.39 is 0 Å². The van der Waals surface area contributed by atoms with Crippen LogP contribution in [0.3, 0.4) is 0 Å². The van der Waals surface area contributed by atoms with Crippen LogP contribution in [0.1, 0.15) is 36.2 Å². The molecule has 0 radical (unpaired) electrons. The maximum atomic E-state index is 12.6. The molecule has 0 bridgehead atoms. The van der Waals surface area contributed by atoms with Crippen molar-refractivity contribution >= 4 is 5.91 Å². The fourth-order valence-electron chi connectivity index (χ4n) is 2.61. The third-order valence-electron chi connectivity index (χ3n) is 3.67. The first-order chi connectivity index (χ1) is 9.61. The van der Waals surface area contributed by atoms with Gasteiger partial charge in [0.15, 0.2) is 0 Å². The highest BCUT2D eigenvalue weighted by Crippen LogP contribution is 2.18.